The number of aliphatic hydroxyl groups is 1. The van der Waals surface area contributed by atoms with Gasteiger partial charge in [0.15, 0.2) is 0 Å². The average molecular weight is 230 g/mol. The minimum Gasteiger partial charge on any atom is -0.375 e. The van der Waals surface area contributed by atoms with Gasteiger partial charge < -0.3 is 15.7 Å². The zero-order valence-corrected chi connectivity index (χ0v) is 10.8. The van der Waals surface area contributed by atoms with Crippen molar-refractivity contribution in [3.63, 3.8) is 0 Å². The topological polar surface area (TPSA) is 78.4 Å². The van der Waals surface area contributed by atoms with Gasteiger partial charge in [0, 0.05) is 11.1 Å². The predicted molar refractivity (Wildman–Crippen MR) is 61.8 cm³/mol. The number of carbonyl (C=O) groups is 2. The second-order valence-electron chi connectivity index (χ2n) is 5.88. The fourth-order valence-corrected chi connectivity index (χ4v) is 0.995. The second kappa shape index (κ2) is 4.82. The third-order valence-corrected chi connectivity index (χ3v) is 1.49. The molecule has 0 atom stereocenters. The van der Waals surface area contributed by atoms with Crippen molar-refractivity contribution in [2.24, 2.45) is 0 Å². The Kier molecular flexibility index (Phi) is 4.49. The fourth-order valence-electron chi connectivity index (χ4n) is 0.995. The van der Waals surface area contributed by atoms with Gasteiger partial charge in [-0.25, -0.2) is 0 Å². The lowest BCUT2D eigenvalue weighted by atomic mass is 10.1. The molecule has 0 unspecified atom stereocenters. The molecule has 5 nitrogen and oxygen atoms in total. The van der Waals surface area contributed by atoms with Crippen molar-refractivity contribution in [3.05, 3.63) is 0 Å². The van der Waals surface area contributed by atoms with E-state index in [1.165, 1.54) is 0 Å². The van der Waals surface area contributed by atoms with E-state index in [9.17, 15) is 14.7 Å². The first-order valence-electron chi connectivity index (χ1n) is 5.24. The number of nitrogens with one attached hydrogen (secondary N) is 2. The molecule has 0 bridgehead atoms. The van der Waals surface area contributed by atoms with Crippen molar-refractivity contribution in [2.75, 3.05) is 0 Å². The number of rotatable bonds is 2. The molecule has 0 saturated heterocycles. The van der Waals surface area contributed by atoms with Gasteiger partial charge in [-0.05, 0) is 41.5 Å². The lowest BCUT2D eigenvalue weighted by Gasteiger charge is -2.25. The highest BCUT2D eigenvalue weighted by molar-refractivity contribution is 6.03. The summed E-state index contributed by atoms with van der Waals surface area (Å²) in [6.07, 6.45) is -1.67. The van der Waals surface area contributed by atoms with E-state index in [0.717, 1.165) is 0 Å². The highest BCUT2D eigenvalue weighted by atomic mass is 16.3. The van der Waals surface area contributed by atoms with E-state index < -0.39 is 29.0 Å². The van der Waals surface area contributed by atoms with Crippen LogP contribution >= 0.6 is 0 Å². The van der Waals surface area contributed by atoms with Gasteiger partial charge >= 0.3 is 0 Å². The molecule has 3 N–H and O–H groups in total. The van der Waals surface area contributed by atoms with Gasteiger partial charge in [0.1, 0.15) is 0 Å². The number of aliphatic hydroxyl groups excluding tert-OH is 1. The predicted octanol–water partition coefficient (Wildman–Crippen LogP) is 0.177. The summed E-state index contributed by atoms with van der Waals surface area (Å²) >= 11 is 0. The van der Waals surface area contributed by atoms with E-state index in [0.29, 0.717) is 0 Å². The fraction of sp³-hybridized carbons (Fsp3) is 0.818. The quantitative estimate of drug-likeness (QED) is 0.592. The van der Waals surface area contributed by atoms with Crippen LogP contribution in [0, 0.1) is 0 Å². The van der Waals surface area contributed by atoms with Gasteiger partial charge in [-0.15, -0.1) is 0 Å². The molecule has 0 rings (SSSR count). The molecule has 0 heterocycles. The number of hydrogen-bond donors (Lipinski definition) is 3. The summed E-state index contributed by atoms with van der Waals surface area (Å²) in [4.78, 5) is 22.9. The van der Waals surface area contributed by atoms with Gasteiger partial charge in [0.25, 0.3) is 11.8 Å². The Bertz CT molecular complexity index is 246. The molecule has 0 aliphatic carbocycles. The maximum Gasteiger partial charge on any atom is 0.259 e. The molecule has 0 fully saturated rings. The molecule has 0 radical (unpaired) electrons. The SMILES string of the molecule is CC(C)(C)NC(=O)C(O)C(=O)NC(C)(C)C. The molecule has 0 aliphatic heterocycles. The Hall–Kier alpha value is -1.10. The van der Waals surface area contributed by atoms with Crippen molar-refractivity contribution >= 4 is 11.8 Å². The first-order chi connectivity index (χ1) is 6.92. The van der Waals surface area contributed by atoms with Crippen LogP contribution in [-0.2, 0) is 9.59 Å². The lowest BCUT2D eigenvalue weighted by molar-refractivity contribution is -0.142. The maximum absolute atomic E-state index is 11.5. The van der Waals surface area contributed by atoms with Crippen LogP contribution in [0.1, 0.15) is 41.5 Å². The van der Waals surface area contributed by atoms with Crippen LogP contribution in [0.25, 0.3) is 0 Å². The minimum atomic E-state index is -1.67. The van der Waals surface area contributed by atoms with Gasteiger partial charge in [-0.1, -0.05) is 0 Å². The van der Waals surface area contributed by atoms with Crippen LogP contribution in [0.5, 0.6) is 0 Å². The summed E-state index contributed by atoms with van der Waals surface area (Å²) in [7, 11) is 0. The van der Waals surface area contributed by atoms with Crippen LogP contribution in [-0.4, -0.2) is 34.1 Å². The van der Waals surface area contributed by atoms with E-state index in [1.807, 2.05) is 0 Å². The Morgan fingerprint density at radius 3 is 1.31 bits per heavy atom. The van der Waals surface area contributed by atoms with Gasteiger partial charge in [0.2, 0.25) is 6.10 Å². The van der Waals surface area contributed by atoms with Crippen LogP contribution in [0.3, 0.4) is 0 Å². The summed E-state index contributed by atoms with van der Waals surface area (Å²) in [6.45, 7) is 10.7. The van der Waals surface area contributed by atoms with Crippen molar-refractivity contribution in [1.29, 1.82) is 0 Å². The standard InChI is InChI=1S/C11H22N2O3/c1-10(2,3)12-8(15)7(14)9(16)13-11(4,5)6/h7,14H,1-6H3,(H,12,15)(H,13,16). The molecule has 0 spiro atoms. The van der Waals surface area contributed by atoms with Crippen molar-refractivity contribution in [3.8, 4) is 0 Å². The van der Waals surface area contributed by atoms with E-state index in [4.69, 9.17) is 0 Å². The second-order valence-corrected chi connectivity index (χ2v) is 5.88. The van der Waals surface area contributed by atoms with E-state index in [1.54, 1.807) is 41.5 Å². The van der Waals surface area contributed by atoms with Crippen molar-refractivity contribution < 1.29 is 14.7 Å². The van der Waals surface area contributed by atoms with Crippen LogP contribution < -0.4 is 10.6 Å². The Morgan fingerprint density at radius 1 is 0.875 bits per heavy atom. The summed E-state index contributed by atoms with van der Waals surface area (Å²) in [5.74, 6) is -1.37. The highest BCUT2D eigenvalue weighted by Gasteiger charge is 2.28. The normalized spacial score (nSPS) is 12.5. The Balaban J connectivity index is 4.40. The van der Waals surface area contributed by atoms with Gasteiger partial charge in [0.05, 0.1) is 0 Å². The first-order valence-corrected chi connectivity index (χ1v) is 5.24. The number of carbonyl (C=O) groups excluding carboxylic acids is 2. The van der Waals surface area contributed by atoms with Crippen molar-refractivity contribution in [2.45, 2.75) is 58.7 Å². The minimum absolute atomic E-state index is 0.472. The smallest absolute Gasteiger partial charge is 0.259 e. The molecule has 5 heteroatoms. The molecule has 0 saturated carbocycles. The maximum atomic E-state index is 11.5. The molecule has 2 amide bonds. The zero-order valence-electron chi connectivity index (χ0n) is 10.8. The molecule has 16 heavy (non-hydrogen) atoms. The summed E-state index contributed by atoms with van der Waals surface area (Å²) in [5.41, 5.74) is -0.944. The summed E-state index contributed by atoms with van der Waals surface area (Å²) in [6, 6.07) is 0. The largest absolute Gasteiger partial charge is 0.375 e. The first kappa shape index (κ1) is 14.9. The molecule has 0 aromatic carbocycles. The van der Waals surface area contributed by atoms with Crippen LogP contribution in [0.15, 0.2) is 0 Å². The molecular formula is C11H22N2O3. The third kappa shape index (κ3) is 6.40. The summed E-state index contributed by atoms with van der Waals surface area (Å²) in [5, 5.41) is 14.6. The van der Waals surface area contributed by atoms with Gasteiger partial charge in [-0.3, -0.25) is 9.59 Å². The van der Waals surface area contributed by atoms with Gasteiger partial charge in [-0.2, -0.15) is 0 Å². The molecule has 0 aliphatic rings. The average Bonchev–Trinajstić information content (AvgIpc) is 1.96. The zero-order chi connectivity index (χ0) is 13.1. The van der Waals surface area contributed by atoms with E-state index in [2.05, 4.69) is 10.6 Å². The van der Waals surface area contributed by atoms with Crippen LogP contribution in [0.2, 0.25) is 0 Å². The lowest BCUT2D eigenvalue weighted by Crippen LogP contribution is -2.54. The van der Waals surface area contributed by atoms with E-state index in [-0.39, 0.29) is 0 Å². The molecule has 94 valence electrons. The summed E-state index contributed by atoms with van der Waals surface area (Å²) < 4.78 is 0. The van der Waals surface area contributed by atoms with Crippen molar-refractivity contribution in [1.82, 2.24) is 10.6 Å². The van der Waals surface area contributed by atoms with E-state index >= 15 is 0 Å². The molecular weight excluding hydrogens is 208 g/mol. The third-order valence-electron chi connectivity index (χ3n) is 1.49. The number of hydrogen-bond acceptors (Lipinski definition) is 3. The Morgan fingerprint density at radius 2 is 1.12 bits per heavy atom. The van der Waals surface area contributed by atoms with Crippen LogP contribution in [0.4, 0.5) is 0 Å². The molecule has 0 aromatic heterocycles. The Labute approximate surface area is 96.6 Å². The monoisotopic (exact) mass is 230 g/mol. The highest BCUT2D eigenvalue weighted by Crippen LogP contribution is 2.02. The number of amides is 2. The molecule has 0 aromatic rings.